The molecular formula is C13H25N3O3. The lowest BCUT2D eigenvalue weighted by atomic mass is 9.90. The van der Waals surface area contributed by atoms with Gasteiger partial charge >= 0.3 is 0 Å². The molecule has 19 heavy (non-hydrogen) atoms. The highest BCUT2D eigenvalue weighted by atomic mass is 16.5. The number of nitrogens with one attached hydrogen (secondary N) is 2. The molecule has 0 aromatic rings. The molecule has 0 bridgehead atoms. The van der Waals surface area contributed by atoms with Crippen LogP contribution >= 0.6 is 0 Å². The van der Waals surface area contributed by atoms with E-state index in [0.717, 1.165) is 13.0 Å². The van der Waals surface area contributed by atoms with Crippen LogP contribution in [0.15, 0.2) is 0 Å². The molecule has 110 valence electrons. The number of hydrogen-bond donors (Lipinski definition) is 3. The summed E-state index contributed by atoms with van der Waals surface area (Å²) in [5, 5.41) is 5.36. The van der Waals surface area contributed by atoms with Crippen LogP contribution in [0.5, 0.6) is 0 Å². The van der Waals surface area contributed by atoms with Crippen molar-refractivity contribution in [2.75, 3.05) is 26.3 Å². The summed E-state index contributed by atoms with van der Waals surface area (Å²) in [4.78, 5) is 23.2. The standard InChI is InChI=1S/C13H25N3O3/c1-9(2)11(14)12(18)15-6-10(17)16-7-13(3)4-5-19-8-13/h9,11H,4-8,14H2,1-3H3,(H,15,18)(H,16,17)/t11-,13?/m0/s1. The smallest absolute Gasteiger partial charge is 0.239 e. The fourth-order valence-corrected chi connectivity index (χ4v) is 1.81. The van der Waals surface area contributed by atoms with Gasteiger partial charge in [-0.15, -0.1) is 0 Å². The molecule has 2 amide bonds. The van der Waals surface area contributed by atoms with Gasteiger partial charge in [-0.05, 0) is 12.3 Å². The van der Waals surface area contributed by atoms with Gasteiger partial charge in [0.1, 0.15) is 0 Å². The van der Waals surface area contributed by atoms with E-state index < -0.39 is 6.04 Å². The van der Waals surface area contributed by atoms with Gasteiger partial charge in [0.2, 0.25) is 11.8 Å². The van der Waals surface area contributed by atoms with Crippen LogP contribution in [0.4, 0.5) is 0 Å². The maximum Gasteiger partial charge on any atom is 0.239 e. The van der Waals surface area contributed by atoms with Crippen molar-refractivity contribution >= 4 is 11.8 Å². The lowest BCUT2D eigenvalue weighted by molar-refractivity contribution is -0.127. The summed E-state index contributed by atoms with van der Waals surface area (Å²) in [5.74, 6) is -0.435. The average molecular weight is 271 g/mol. The van der Waals surface area contributed by atoms with E-state index in [1.165, 1.54) is 0 Å². The van der Waals surface area contributed by atoms with Crippen molar-refractivity contribution in [2.24, 2.45) is 17.1 Å². The first-order chi connectivity index (χ1) is 8.84. The summed E-state index contributed by atoms with van der Waals surface area (Å²) in [6, 6.07) is -0.575. The molecular weight excluding hydrogens is 246 g/mol. The number of carbonyl (C=O) groups excluding carboxylic acids is 2. The maximum absolute atomic E-state index is 11.6. The Bertz CT molecular complexity index is 325. The normalized spacial score (nSPS) is 24.3. The Kier molecular flexibility index (Phi) is 5.75. The minimum Gasteiger partial charge on any atom is -0.381 e. The molecule has 0 spiro atoms. The zero-order valence-electron chi connectivity index (χ0n) is 12.0. The van der Waals surface area contributed by atoms with Crippen molar-refractivity contribution in [2.45, 2.75) is 33.2 Å². The molecule has 1 unspecified atom stereocenters. The van der Waals surface area contributed by atoms with Gasteiger partial charge < -0.3 is 21.1 Å². The molecule has 0 aromatic carbocycles. The first-order valence-electron chi connectivity index (χ1n) is 6.72. The van der Waals surface area contributed by atoms with Gasteiger partial charge in [0.05, 0.1) is 19.2 Å². The zero-order valence-corrected chi connectivity index (χ0v) is 12.0. The number of nitrogens with two attached hydrogens (primary N) is 1. The molecule has 0 aliphatic carbocycles. The molecule has 1 rings (SSSR count). The third kappa shape index (κ3) is 5.16. The van der Waals surface area contributed by atoms with Crippen LogP contribution in [-0.2, 0) is 14.3 Å². The van der Waals surface area contributed by atoms with E-state index in [0.29, 0.717) is 13.2 Å². The zero-order chi connectivity index (χ0) is 14.5. The van der Waals surface area contributed by atoms with E-state index in [1.807, 2.05) is 13.8 Å². The predicted octanol–water partition coefficient (Wildman–Crippen LogP) is -0.371. The third-order valence-corrected chi connectivity index (χ3v) is 3.46. The first kappa shape index (κ1) is 15.9. The monoisotopic (exact) mass is 271 g/mol. The van der Waals surface area contributed by atoms with Crippen LogP contribution < -0.4 is 16.4 Å². The quantitative estimate of drug-likeness (QED) is 0.614. The van der Waals surface area contributed by atoms with E-state index in [4.69, 9.17) is 10.5 Å². The number of amides is 2. The largest absolute Gasteiger partial charge is 0.381 e. The third-order valence-electron chi connectivity index (χ3n) is 3.46. The molecule has 1 aliphatic rings. The predicted molar refractivity (Wildman–Crippen MR) is 72.4 cm³/mol. The van der Waals surface area contributed by atoms with Gasteiger partial charge in [-0.2, -0.15) is 0 Å². The Labute approximate surface area is 114 Å². The van der Waals surface area contributed by atoms with E-state index in [-0.39, 0.29) is 29.7 Å². The molecule has 4 N–H and O–H groups in total. The van der Waals surface area contributed by atoms with Crippen LogP contribution in [-0.4, -0.2) is 44.2 Å². The van der Waals surface area contributed by atoms with Crippen molar-refractivity contribution in [3.8, 4) is 0 Å². The van der Waals surface area contributed by atoms with Crippen LogP contribution in [0, 0.1) is 11.3 Å². The summed E-state index contributed by atoms with van der Waals surface area (Å²) in [6.45, 7) is 7.75. The van der Waals surface area contributed by atoms with Crippen molar-refractivity contribution < 1.29 is 14.3 Å². The topological polar surface area (TPSA) is 93.5 Å². The van der Waals surface area contributed by atoms with Gasteiger partial charge in [0.25, 0.3) is 0 Å². The van der Waals surface area contributed by atoms with Crippen LogP contribution in [0.25, 0.3) is 0 Å². The van der Waals surface area contributed by atoms with E-state index in [9.17, 15) is 9.59 Å². The summed E-state index contributed by atoms with van der Waals surface area (Å²) in [5.41, 5.74) is 5.69. The van der Waals surface area contributed by atoms with Crippen molar-refractivity contribution in [1.82, 2.24) is 10.6 Å². The lowest BCUT2D eigenvalue weighted by Crippen LogP contribution is -2.48. The fraction of sp³-hybridized carbons (Fsp3) is 0.846. The highest BCUT2D eigenvalue weighted by molar-refractivity contribution is 5.87. The Hall–Kier alpha value is -1.14. The summed E-state index contributed by atoms with van der Waals surface area (Å²) >= 11 is 0. The van der Waals surface area contributed by atoms with Crippen molar-refractivity contribution in [3.63, 3.8) is 0 Å². The number of carbonyl (C=O) groups is 2. The minimum absolute atomic E-state index is 0.00794. The summed E-state index contributed by atoms with van der Waals surface area (Å²) in [6.07, 6.45) is 0.942. The molecule has 6 heteroatoms. The first-order valence-corrected chi connectivity index (χ1v) is 6.72. The van der Waals surface area contributed by atoms with Crippen molar-refractivity contribution in [1.29, 1.82) is 0 Å². The number of hydrogen-bond acceptors (Lipinski definition) is 4. The molecule has 0 saturated carbocycles. The molecule has 2 atom stereocenters. The van der Waals surface area contributed by atoms with Crippen LogP contribution in [0.2, 0.25) is 0 Å². The second kappa shape index (κ2) is 6.86. The maximum atomic E-state index is 11.6. The van der Waals surface area contributed by atoms with E-state index in [2.05, 4.69) is 17.6 Å². The fourth-order valence-electron chi connectivity index (χ4n) is 1.81. The van der Waals surface area contributed by atoms with Crippen LogP contribution in [0.1, 0.15) is 27.2 Å². The van der Waals surface area contributed by atoms with Crippen LogP contribution in [0.3, 0.4) is 0 Å². The molecule has 1 aliphatic heterocycles. The molecule has 0 radical (unpaired) electrons. The molecule has 0 aromatic heterocycles. The van der Waals surface area contributed by atoms with Gasteiger partial charge in [-0.3, -0.25) is 9.59 Å². The Balaban J connectivity index is 2.23. The minimum atomic E-state index is -0.575. The summed E-state index contributed by atoms with van der Waals surface area (Å²) < 4.78 is 5.31. The van der Waals surface area contributed by atoms with E-state index in [1.54, 1.807) is 0 Å². The molecule has 1 saturated heterocycles. The van der Waals surface area contributed by atoms with Gasteiger partial charge in [0, 0.05) is 18.6 Å². The lowest BCUT2D eigenvalue weighted by Gasteiger charge is -2.22. The molecule has 1 heterocycles. The molecule has 1 fully saturated rings. The highest BCUT2D eigenvalue weighted by Crippen LogP contribution is 2.26. The Morgan fingerprint density at radius 2 is 2.05 bits per heavy atom. The SMILES string of the molecule is CC(C)[C@H](N)C(=O)NCC(=O)NCC1(C)CCOC1. The second-order valence-corrected chi connectivity index (χ2v) is 5.88. The average Bonchev–Trinajstić information content (AvgIpc) is 2.80. The number of ether oxygens (including phenoxy) is 1. The Morgan fingerprint density at radius 1 is 1.37 bits per heavy atom. The van der Waals surface area contributed by atoms with Gasteiger partial charge in [-0.25, -0.2) is 0 Å². The van der Waals surface area contributed by atoms with Crippen molar-refractivity contribution in [3.05, 3.63) is 0 Å². The molecule has 6 nitrogen and oxygen atoms in total. The second-order valence-electron chi connectivity index (χ2n) is 5.88. The summed E-state index contributed by atoms with van der Waals surface area (Å²) in [7, 11) is 0. The van der Waals surface area contributed by atoms with E-state index >= 15 is 0 Å². The van der Waals surface area contributed by atoms with Gasteiger partial charge in [-0.1, -0.05) is 20.8 Å². The number of rotatable bonds is 6. The Morgan fingerprint density at radius 3 is 2.58 bits per heavy atom. The highest BCUT2D eigenvalue weighted by Gasteiger charge is 2.30. The van der Waals surface area contributed by atoms with Gasteiger partial charge in [0.15, 0.2) is 0 Å².